The van der Waals surface area contributed by atoms with Gasteiger partial charge in [0.05, 0.1) is 0 Å². The first-order chi connectivity index (χ1) is 28.1. The average Bonchev–Trinajstić information content (AvgIpc) is 3.19. The first kappa shape index (κ1) is 59.1. The maximum absolute atomic E-state index is 13.0. The third-order valence-electron chi connectivity index (χ3n) is 11.3. The average molecular weight is 847 g/mol. The van der Waals surface area contributed by atoms with Crippen molar-refractivity contribution in [3.63, 3.8) is 0 Å². The van der Waals surface area contributed by atoms with E-state index in [0.717, 1.165) is 64.7 Å². The molecule has 0 aliphatic rings. The lowest BCUT2D eigenvalue weighted by Crippen LogP contribution is -2.33. The highest BCUT2D eigenvalue weighted by Gasteiger charge is 2.14. The Bertz CT molecular complexity index is 840. The Labute approximate surface area is 359 Å². The summed E-state index contributed by atoms with van der Waals surface area (Å²) in [6.07, 6.45) is 46.2. The molecule has 0 radical (unpaired) electrons. The van der Waals surface area contributed by atoms with Crippen LogP contribution in [0.5, 0.6) is 0 Å². The number of hydrogen-bond donors (Lipinski definition) is 5. The maximum Gasteiger partial charge on any atom is 0.466 e. The van der Waals surface area contributed by atoms with Crippen LogP contribution in [0.4, 0.5) is 0 Å². The van der Waals surface area contributed by atoms with Crippen molar-refractivity contribution >= 4 is 19.6 Å². The molecule has 0 aromatic rings. The van der Waals surface area contributed by atoms with E-state index in [1.807, 2.05) is 0 Å². The van der Waals surface area contributed by atoms with E-state index >= 15 is 0 Å². The van der Waals surface area contributed by atoms with Crippen LogP contribution in [0.1, 0.15) is 251 Å². The number of carbonyl (C=O) groups excluding carboxylic acids is 2. The molecular formula is C47H99N4O6P. The SMILES string of the molecule is CCCCCCCCCCCCCCCC(=O)N(CCCN)CCCCCCCCCN(CCCN)C(=O)CCCCCCCCCCCCCCC.O=P(O)(O)O. The maximum atomic E-state index is 13.0. The lowest BCUT2D eigenvalue weighted by Gasteiger charge is -2.23. The Morgan fingerprint density at radius 2 is 0.552 bits per heavy atom. The van der Waals surface area contributed by atoms with Gasteiger partial charge >= 0.3 is 7.82 Å². The van der Waals surface area contributed by atoms with Crippen LogP contribution in [0, 0.1) is 0 Å². The zero-order valence-corrected chi connectivity index (χ0v) is 39.4. The second kappa shape index (κ2) is 47.0. The van der Waals surface area contributed by atoms with Crippen LogP contribution >= 0.6 is 7.82 Å². The van der Waals surface area contributed by atoms with E-state index in [0.29, 0.717) is 37.7 Å². The van der Waals surface area contributed by atoms with Crippen molar-refractivity contribution in [1.29, 1.82) is 0 Å². The first-order valence-electron chi connectivity index (χ1n) is 24.8. The largest absolute Gasteiger partial charge is 0.466 e. The fraction of sp³-hybridized carbons (Fsp3) is 0.957. The second-order valence-corrected chi connectivity index (χ2v) is 18.0. The predicted octanol–water partition coefficient (Wildman–Crippen LogP) is 12.1. The van der Waals surface area contributed by atoms with Crippen LogP contribution in [0.2, 0.25) is 0 Å². The van der Waals surface area contributed by atoms with E-state index in [1.54, 1.807) is 0 Å². The summed E-state index contributed by atoms with van der Waals surface area (Å²) in [6.45, 7) is 9.26. The Morgan fingerprint density at radius 1 is 0.362 bits per heavy atom. The number of carbonyl (C=O) groups is 2. The zero-order valence-electron chi connectivity index (χ0n) is 38.5. The molecule has 2 amide bonds. The zero-order chi connectivity index (χ0) is 43.2. The Morgan fingerprint density at radius 3 is 0.776 bits per heavy atom. The number of phosphoric acid groups is 1. The van der Waals surface area contributed by atoms with Crippen molar-refractivity contribution in [2.24, 2.45) is 11.5 Å². The van der Waals surface area contributed by atoms with Crippen LogP contribution in [-0.2, 0) is 14.2 Å². The highest BCUT2D eigenvalue weighted by molar-refractivity contribution is 7.45. The number of rotatable bonds is 44. The topological polar surface area (TPSA) is 170 Å². The summed E-state index contributed by atoms with van der Waals surface area (Å²) in [4.78, 5) is 51.7. The third kappa shape index (κ3) is 49.3. The number of unbranched alkanes of at least 4 members (excludes halogenated alkanes) is 30. The molecule has 0 heterocycles. The molecule has 11 heteroatoms. The molecule has 0 atom stereocenters. The van der Waals surface area contributed by atoms with Gasteiger partial charge in [-0.2, -0.15) is 0 Å². The van der Waals surface area contributed by atoms with Crippen molar-refractivity contribution in [2.45, 2.75) is 251 Å². The van der Waals surface area contributed by atoms with Gasteiger partial charge in [-0.1, -0.05) is 200 Å². The summed E-state index contributed by atoms with van der Waals surface area (Å²) in [5.41, 5.74) is 11.6. The Hall–Kier alpha value is -1.03. The summed E-state index contributed by atoms with van der Waals surface area (Å²) in [6, 6.07) is 0. The molecule has 0 rings (SSSR count). The standard InChI is InChI=1S/C47H96N4O2.H3O4P/c1-3-5-7-9-11-13-15-17-19-21-24-28-32-38-46(52)50(44-36-40-48)42-34-30-26-23-27-31-35-43-51(45-37-41-49)47(53)39-33-29-25-22-20-18-16-14-12-10-8-6-4-2;1-5(2,3)4/h3-45,48-49H2,1-2H3;(H3,1,2,3,4). The molecule has 0 aliphatic carbocycles. The molecule has 58 heavy (non-hydrogen) atoms. The van der Waals surface area contributed by atoms with Crippen LogP contribution in [-0.4, -0.2) is 75.6 Å². The molecule has 0 saturated carbocycles. The molecule has 0 aromatic heterocycles. The van der Waals surface area contributed by atoms with Crippen LogP contribution < -0.4 is 11.5 Å². The molecular weight excluding hydrogens is 748 g/mol. The minimum atomic E-state index is -4.64. The van der Waals surface area contributed by atoms with Gasteiger partial charge in [0.25, 0.3) is 0 Å². The number of nitrogens with zero attached hydrogens (tertiary/aromatic N) is 2. The summed E-state index contributed by atoms with van der Waals surface area (Å²) in [5, 5.41) is 0. The summed E-state index contributed by atoms with van der Waals surface area (Å²) < 4.78 is 8.88. The molecule has 0 fully saturated rings. The van der Waals surface area contributed by atoms with Crippen molar-refractivity contribution in [1.82, 2.24) is 9.80 Å². The molecule has 348 valence electrons. The van der Waals surface area contributed by atoms with Gasteiger partial charge < -0.3 is 35.9 Å². The molecule has 0 bridgehead atoms. The fourth-order valence-electron chi connectivity index (χ4n) is 7.68. The fourth-order valence-corrected chi connectivity index (χ4v) is 7.68. The van der Waals surface area contributed by atoms with Crippen molar-refractivity contribution < 1.29 is 28.8 Å². The first-order valence-corrected chi connectivity index (χ1v) is 26.4. The van der Waals surface area contributed by atoms with E-state index in [9.17, 15) is 9.59 Å². The molecule has 0 aromatic carbocycles. The van der Waals surface area contributed by atoms with Gasteiger partial charge in [-0.25, -0.2) is 4.57 Å². The number of hydrogen-bond acceptors (Lipinski definition) is 5. The van der Waals surface area contributed by atoms with E-state index in [4.69, 9.17) is 30.7 Å². The molecule has 10 nitrogen and oxygen atoms in total. The number of amides is 2. The van der Waals surface area contributed by atoms with Crippen molar-refractivity contribution in [2.75, 3.05) is 39.3 Å². The molecule has 0 spiro atoms. The molecule has 0 aliphatic heterocycles. The third-order valence-corrected chi connectivity index (χ3v) is 11.3. The van der Waals surface area contributed by atoms with Gasteiger partial charge in [-0.05, 0) is 51.6 Å². The van der Waals surface area contributed by atoms with Crippen LogP contribution in [0.15, 0.2) is 0 Å². The van der Waals surface area contributed by atoms with E-state index < -0.39 is 7.82 Å². The van der Waals surface area contributed by atoms with Gasteiger partial charge in [0.15, 0.2) is 0 Å². The van der Waals surface area contributed by atoms with Crippen molar-refractivity contribution in [3.05, 3.63) is 0 Å². The summed E-state index contributed by atoms with van der Waals surface area (Å²) in [7, 11) is -4.64. The minimum absolute atomic E-state index is 0.337. The Balaban J connectivity index is 0. The summed E-state index contributed by atoms with van der Waals surface area (Å²) >= 11 is 0. The molecule has 0 saturated heterocycles. The Kier molecular flexibility index (Phi) is 47.9. The quantitative estimate of drug-likeness (QED) is 0.0298. The molecule has 7 N–H and O–H groups in total. The van der Waals surface area contributed by atoms with Crippen molar-refractivity contribution in [3.8, 4) is 0 Å². The van der Waals surface area contributed by atoms with Crippen LogP contribution in [0.3, 0.4) is 0 Å². The number of nitrogens with two attached hydrogens (primary N) is 2. The van der Waals surface area contributed by atoms with Gasteiger partial charge in [-0.3, -0.25) is 9.59 Å². The van der Waals surface area contributed by atoms with Crippen LogP contribution in [0.25, 0.3) is 0 Å². The predicted molar refractivity (Wildman–Crippen MR) is 248 cm³/mol. The smallest absolute Gasteiger partial charge is 0.343 e. The minimum Gasteiger partial charge on any atom is -0.343 e. The highest BCUT2D eigenvalue weighted by atomic mass is 31.2. The van der Waals surface area contributed by atoms with E-state index in [1.165, 1.54) is 186 Å². The lowest BCUT2D eigenvalue weighted by atomic mass is 10.0. The molecule has 0 unspecified atom stereocenters. The second-order valence-electron chi connectivity index (χ2n) is 17.0. The van der Waals surface area contributed by atoms with Gasteiger partial charge in [0.2, 0.25) is 11.8 Å². The normalized spacial score (nSPS) is 11.4. The van der Waals surface area contributed by atoms with Gasteiger partial charge in [0.1, 0.15) is 0 Å². The van der Waals surface area contributed by atoms with Gasteiger partial charge in [0, 0.05) is 39.0 Å². The lowest BCUT2D eigenvalue weighted by molar-refractivity contribution is -0.132. The van der Waals surface area contributed by atoms with E-state index in [-0.39, 0.29) is 0 Å². The highest BCUT2D eigenvalue weighted by Crippen LogP contribution is 2.26. The summed E-state index contributed by atoms with van der Waals surface area (Å²) in [5.74, 6) is 0.675. The van der Waals surface area contributed by atoms with Gasteiger partial charge in [-0.15, -0.1) is 0 Å². The van der Waals surface area contributed by atoms with E-state index in [2.05, 4.69) is 23.6 Å². The monoisotopic (exact) mass is 847 g/mol.